The van der Waals surface area contributed by atoms with E-state index in [9.17, 15) is 4.79 Å². The van der Waals surface area contributed by atoms with Crippen molar-refractivity contribution in [3.8, 4) is 6.01 Å². The third-order valence-electron chi connectivity index (χ3n) is 4.58. The Hall–Kier alpha value is -2.48. The third kappa shape index (κ3) is 3.21. The molecule has 0 aromatic carbocycles. The highest BCUT2D eigenvalue weighted by atomic mass is 16.5. The molecule has 0 unspecified atom stereocenters. The zero-order valence-corrected chi connectivity index (χ0v) is 14.3. The molecule has 2 aliphatic heterocycles. The molecule has 0 bridgehead atoms. The number of carbonyl (C=O) groups excluding carboxylic acids is 1. The lowest BCUT2D eigenvalue weighted by molar-refractivity contribution is -0.174. The van der Waals surface area contributed by atoms with Gasteiger partial charge in [-0.3, -0.25) is 4.79 Å². The number of rotatable bonds is 3. The maximum Gasteiger partial charge on any atom is 0.316 e. The van der Waals surface area contributed by atoms with E-state index in [1.807, 2.05) is 13.0 Å². The second-order valence-corrected chi connectivity index (χ2v) is 6.74. The molecule has 0 saturated carbocycles. The van der Waals surface area contributed by atoms with Crippen LogP contribution in [0.4, 0.5) is 0 Å². The molecule has 2 aromatic heterocycles. The molecule has 4 heterocycles. The van der Waals surface area contributed by atoms with Crippen molar-refractivity contribution >= 4 is 5.91 Å². The fourth-order valence-corrected chi connectivity index (χ4v) is 3.35. The number of aromatic nitrogens is 3. The molecule has 1 spiro atoms. The van der Waals surface area contributed by atoms with Crippen LogP contribution in [-0.2, 0) is 4.74 Å². The molecule has 1 amide bonds. The summed E-state index contributed by atoms with van der Waals surface area (Å²) < 4.78 is 16.9. The highest BCUT2D eigenvalue weighted by molar-refractivity contribution is 5.92. The summed E-state index contributed by atoms with van der Waals surface area (Å²) in [7, 11) is 0. The van der Waals surface area contributed by atoms with Crippen LogP contribution in [0.3, 0.4) is 0 Å². The SMILES string of the molecule is Cc1cc(C(=O)N2CC3(C[C@H](Oc4nccc(C)n4)CCO3)C2)on1. The number of ether oxygens (including phenoxy) is 2. The maximum absolute atomic E-state index is 12.4. The highest BCUT2D eigenvalue weighted by Gasteiger charge is 2.50. The lowest BCUT2D eigenvalue weighted by atomic mass is 9.84. The van der Waals surface area contributed by atoms with Crippen LogP contribution < -0.4 is 4.74 Å². The monoisotopic (exact) mass is 344 g/mol. The Morgan fingerprint density at radius 1 is 1.36 bits per heavy atom. The zero-order chi connectivity index (χ0) is 17.4. The second-order valence-electron chi connectivity index (χ2n) is 6.74. The van der Waals surface area contributed by atoms with Gasteiger partial charge in [0.05, 0.1) is 25.4 Å². The fourth-order valence-electron chi connectivity index (χ4n) is 3.35. The lowest BCUT2D eigenvalue weighted by Crippen LogP contribution is -2.67. The number of amides is 1. The Bertz CT molecular complexity index is 784. The first-order chi connectivity index (χ1) is 12.0. The molecule has 4 rings (SSSR count). The Kier molecular flexibility index (Phi) is 3.91. The van der Waals surface area contributed by atoms with Crippen molar-refractivity contribution in [2.24, 2.45) is 0 Å². The van der Waals surface area contributed by atoms with Crippen molar-refractivity contribution in [1.29, 1.82) is 0 Å². The highest BCUT2D eigenvalue weighted by Crippen LogP contribution is 2.36. The second kappa shape index (κ2) is 6.11. The predicted octanol–water partition coefficient (Wildman–Crippen LogP) is 1.53. The Morgan fingerprint density at radius 2 is 2.20 bits per heavy atom. The maximum atomic E-state index is 12.4. The molecule has 8 heteroatoms. The van der Waals surface area contributed by atoms with Gasteiger partial charge >= 0.3 is 6.01 Å². The summed E-state index contributed by atoms with van der Waals surface area (Å²) in [4.78, 5) is 22.5. The zero-order valence-electron chi connectivity index (χ0n) is 14.3. The molecule has 8 nitrogen and oxygen atoms in total. The van der Waals surface area contributed by atoms with Crippen molar-refractivity contribution in [3.63, 3.8) is 0 Å². The van der Waals surface area contributed by atoms with Gasteiger partial charge in [-0.2, -0.15) is 0 Å². The Balaban J connectivity index is 1.37. The van der Waals surface area contributed by atoms with Gasteiger partial charge in [0.15, 0.2) is 0 Å². The van der Waals surface area contributed by atoms with Gasteiger partial charge in [-0.15, -0.1) is 0 Å². The van der Waals surface area contributed by atoms with Crippen molar-refractivity contribution in [2.75, 3.05) is 19.7 Å². The van der Waals surface area contributed by atoms with Gasteiger partial charge in [0, 0.05) is 30.8 Å². The van der Waals surface area contributed by atoms with Gasteiger partial charge in [-0.05, 0) is 19.9 Å². The summed E-state index contributed by atoms with van der Waals surface area (Å²) in [6.07, 6.45) is 3.17. The predicted molar refractivity (Wildman–Crippen MR) is 86.2 cm³/mol. The van der Waals surface area contributed by atoms with Gasteiger partial charge in [0.2, 0.25) is 5.76 Å². The smallest absolute Gasteiger partial charge is 0.316 e. The largest absolute Gasteiger partial charge is 0.460 e. The number of nitrogens with zero attached hydrogens (tertiary/aromatic N) is 4. The number of carbonyl (C=O) groups is 1. The van der Waals surface area contributed by atoms with Crippen LogP contribution in [-0.4, -0.2) is 57.3 Å². The lowest BCUT2D eigenvalue weighted by Gasteiger charge is -2.52. The summed E-state index contributed by atoms with van der Waals surface area (Å²) in [5.74, 6) is 0.115. The van der Waals surface area contributed by atoms with E-state index in [1.165, 1.54) is 0 Å². The van der Waals surface area contributed by atoms with E-state index in [0.717, 1.165) is 12.1 Å². The molecule has 25 heavy (non-hydrogen) atoms. The van der Waals surface area contributed by atoms with Gasteiger partial charge in [-0.1, -0.05) is 5.16 Å². The van der Waals surface area contributed by atoms with Crippen LogP contribution in [0.15, 0.2) is 22.9 Å². The van der Waals surface area contributed by atoms with Crippen molar-refractivity contribution < 1.29 is 18.8 Å². The normalized spacial score (nSPS) is 21.8. The number of likely N-dealkylation sites (tertiary alicyclic amines) is 1. The fraction of sp³-hybridized carbons (Fsp3) is 0.529. The minimum Gasteiger partial charge on any atom is -0.460 e. The molecule has 2 fully saturated rings. The van der Waals surface area contributed by atoms with Crippen LogP contribution in [0, 0.1) is 13.8 Å². The molecule has 132 valence electrons. The van der Waals surface area contributed by atoms with Crippen molar-refractivity contribution in [1.82, 2.24) is 20.0 Å². The molecule has 2 aliphatic rings. The average molecular weight is 344 g/mol. The number of hydrogen-bond acceptors (Lipinski definition) is 7. The van der Waals surface area contributed by atoms with E-state index >= 15 is 0 Å². The minimum absolute atomic E-state index is 0.0136. The minimum atomic E-state index is -0.350. The van der Waals surface area contributed by atoms with Gasteiger partial charge in [0.1, 0.15) is 11.7 Å². The van der Waals surface area contributed by atoms with E-state index < -0.39 is 0 Å². The van der Waals surface area contributed by atoms with Crippen LogP contribution in [0.1, 0.15) is 34.8 Å². The average Bonchev–Trinajstić information content (AvgIpc) is 2.99. The summed E-state index contributed by atoms with van der Waals surface area (Å²) in [5, 5.41) is 3.76. The van der Waals surface area contributed by atoms with Gasteiger partial charge in [-0.25, -0.2) is 9.97 Å². The Morgan fingerprint density at radius 3 is 2.92 bits per heavy atom. The molecular formula is C17H20N4O4. The van der Waals surface area contributed by atoms with Gasteiger partial charge in [0.25, 0.3) is 5.91 Å². The molecule has 1 atom stereocenters. The number of aryl methyl sites for hydroxylation is 2. The van der Waals surface area contributed by atoms with E-state index in [4.69, 9.17) is 14.0 Å². The molecule has 0 aliphatic carbocycles. The van der Waals surface area contributed by atoms with E-state index in [-0.39, 0.29) is 23.4 Å². The standard InChI is InChI=1S/C17H20N4O4/c1-11-3-5-18-16(19-11)24-13-4-6-23-17(8-13)9-21(10-17)15(22)14-7-12(2)20-25-14/h3,5,7,13H,4,6,8-10H2,1-2H3/t13-/m1/s1. The van der Waals surface area contributed by atoms with Crippen molar-refractivity contribution in [3.05, 3.63) is 35.5 Å². The van der Waals surface area contributed by atoms with E-state index in [2.05, 4.69) is 15.1 Å². The first-order valence-electron chi connectivity index (χ1n) is 8.36. The molecule has 0 N–H and O–H groups in total. The van der Waals surface area contributed by atoms with Crippen LogP contribution in [0.5, 0.6) is 6.01 Å². The van der Waals surface area contributed by atoms with Crippen LogP contribution in [0.25, 0.3) is 0 Å². The van der Waals surface area contributed by atoms with Crippen molar-refractivity contribution in [2.45, 2.75) is 38.4 Å². The summed E-state index contributed by atoms with van der Waals surface area (Å²) in [6.45, 7) is 5.35. The van der Waals surface area contributed by atoms with E-state index in [0.29, 0.717) is 37.8 Å². The first-order valence-corrected chi connectivity index (χ1v) is 8.36. The molecular weight excluding hydrogens is 324 g/mol. The quantitative estimate of drug-likeness (QED) is 0.834. The summed E-state index contributed by atoms with van der Waals surface area (Å²) in [6, 6.07) is 3.88. The third-order valence-corrected chi connectivity index (χ3v) is 4.58. The number of hydrogen-bond donors (Lipinski definition) is 0. The summed E-state index contributed by atoms with van der Waals surface area (Å²) >= 11 is 0. The molecule has 2 saturated heterocycles. The van der Waals surface area contributed by atoms with Crippen LogP contribution in [0.2, 0.25) is 0 Å². The Labute approximate surface area is 145 Å². The molecule has 2 aromatic rings. The molecule has 0 radical (unpaired) electrons. The van der Waals surface area contributed by atoms with Crippen LogP contribution >= 0.6 is 0 Å². The summed E-state index contributed by atoms with van der Waals surface area (Å²) in [5.41, 5.74) is 1.21. The van der Waals surface area contributed by atoms with E-state index in [1.54, 1.807) is 24.1 Å². The first kappa shape index (κ1) is 16.0. The van der Waals surface area contributed by atoms with Gasteiger partial charge < -0.3 is 18.9 Å². The topological polar surface area (TPSA) is 90.6 Å².